The molecule has 0 unspecified atom stereocenters. The number of hydrogen-bond donors (Lipinski definition) is 0. The summed E-state index contributed by atoms with van der Waals surface area (Å²) in [4.78, 5) is 11.3. The predicted molar refractivity (Wildman–Crippen MR) is 50.2 cm³/mol. The number of allylic oxidation sites excluding steroid dienone is 1. The average molecular weight is 185 g/mol. The average Bonchev–Trinajstić information content (AvgIpc) is 2.46. The van der Waals surface area contributed by atoms with E-state index in [1.54, 1.807) is 12.1 Å². The van der Waals surface area contributed by atoms with Crippen LogP contribution in [0, 0.1) is 18.3 Å². The molecule has 0 aromatic heterocycles. The zero-order valence-electron chi connectivity index (χ0n) is 7.57. The molecule has 0 saturated heterocycles. The molecule has 0 spiro atoms. The first-order chi connectivity index (χ1) is 6.74. The molecule has 68 valence electrons. The molecule has 0 amide bonds. The van der Waals surface area contributed by atoms with Crippen LogP contribution in [0.1, 0.15) is 21.5 Å². The number of carbonyl (C=O) groups is 1. The number of benzene rings is 1. The molecule has 2 rings (SSSR count). The summed E-state index contributed by atoms with van der Waals surface area (Å²) in [6.45, 7) is 1.88. The van der Waals surface area contributed by atoms with Crippen LogP contribution >= 0.6 is 0 Å². The zero-order valence-corrected chi connectivity index (χ0v) is 7.57. The lowest BCUT2D eigenvalue weighted by atomic mass is 10.0. The highest BCUT2D eigenvalue weighted by Crippen LogP contribution is 2.31. The van der Waals surface area contributed by atoms with Gasteiger partial charge in [-0.25, -0.2) is 4.79 Å². The minimum absolute atomic E-state index is 0.352. The second kappa shape index (κ2) is 3.00. The Hall–Kier alpha value is -2.08. The summed E-state index contributed by atoms with van der Waals surface area (Å²) < 4.78 is 4.95. The van der Waals surface area contributed by atoms with E-state index in [-0.39, 0.29) is 5.97 Å². The van der Waals surface area contributed by atoms with Crippen molar-refractivity contribution < 1.29 is 9.53 Å². The molecule has 14 heavy (non-hydrogen) atoms. The van der Waals surface area contributed by atoms with Gasteiger partial charge in [-0.05, 0) is 18.6 Å². The van der Waals surface area contributed by atoms with Crippen molar-refractivity contribution in [3.05, 3.63) is 41.0 Å². The third kappa shape index (κ3) is 1.09. The van der Waals surface area contributed by atoms with Crippen LogP contribution in [0.5, 0.6) is 0 Å². The number of ether oxygens (including phenoxy) is 1. The van der Waals surface area contributed by atoms with E-state index in [0.717, 1.165) is 11.1 Å². The number of carbonyl (C=O) groups excluding carboxylic acids is 1. The number of esters is 1. The van der Waals surface area contributed by atoms with Gasteiger partial charge in [0.05, 0.1) is 17.7 Å². The zero-order chi connectivity index (χ0) is 10.1. The summed E-state index contributed by atoms with van der Waals surface area (Å²) in [5.74, 6) is -0.0317. The minimum Gasteiger partial charge on any atom is -0.421 e. The standard InChI is InChI=1S/C11H7NO2/c1-7-3-2-4-8-10(7)9(5-6-12)14-11(8)13/h2-5H,1H3. The van der Waals surface area contributed by atoms with Crippen molar-refractivity contribution in [3.8, 4) is 6.07 Å². The Bertz CT molecular complexity index is 481. The first-order valence-corrected chi connectivity index (χ1v) is 4.16. The third-order valence-corrected chi connectivity index (χ3v) is 2.14. The van der Waals surface area contributed by atoms with E-state index in [4.69, 9.17) is 10.00 Å². The number of hydrogen-bond acceptors (Lipinski definition) is 3. The molecular formula is C11H7NO2. The molecule has 1 heterocycles. The highest BCUT2D eigenvalue weighted by atomic mass is 16.5. The molecule has 0 saturated carbocycles. The van der Waals surface area contributed by atoms with E-state index in [1.165, 1.54) is 6.08 Å². The maximum absolute atomic E-state index is 11.3. The van der Waals surface area contributed by atoms with Crippen LogP contribution in [0.4, 0.5) is 0 Å². The van der Waals surface area contributed by atoms with Crippen LogP contribution < -0.4 is 0 Å². The first-order valence-electron chi connectivity index (χ1n) is 4.16. The van der Waals surface area contributed by atoms with Crippen LogP contribution in [-0.2, 0) is 4.74 Å². The Balaban J connectivity index is 2.70. The largest absolute Gasteiger partial charge is 0.421 e. The molecule has 1 aliphatic heterocycles. The number of nitrogens with zero attached hydrogens (tertiary/aromatic N) is 1. The van der Waals surface area contributed by atoms with Gasteiger partial charge in [0.25, 0.3) is 0 Å². The molecule has 0 atom stereocenters. The summed E-state index contributed by atoms with van der Waals surface area (Å²) in [6, 6.07) is 7.23. The molecule has 0 aliphatic carbocycles. The lowest BCUT2D eigenvalue weighted by Gasteiger charge is -1.99. The van der Waals surface area contributed by atoms with Gasteiger partial charge in [0.1, 0.15) is 5.76 Å². The summed E-state index contributed by atoms with van der Waals surface area (Å²) in [5, 5.41) is 8.51. The van der Waals surface area contributed by atoms with Crippen molar-refractivity contribution in [1.82, 2.24) is 0 Å². The molecule has 0 N–H and O–H groups in total. The van der Waals surface area contributed by atoms with Crippen molar-refractivity contribution in [2.75, 3.05) is 0 Å². The van der Waals surface area contributed by atoms with Crippen molar-refractivity contribution in [2.24, 2.45) is 0 Å². The van der Waals surface area contributed by atoms with Crippen molar-refractivity contribution >= 4 is 11.7 Å². The highest BCUT2D eigenvalue weighted by Gasteiger charge is 2.27. The summed E-state index contributed by atoms with van der Waals surface area (Å²) in [7, 11) is 0. The van der Waals surface area contributed by atoms with Crippen LogP contribution in [-0.4, -0.2) is 5.97 Å². The second-order valence-electron chi connectivity index (χ2n) is 3.02. The van der Waals surface area contributed by atoms with Gasteiger partial charge in [-0.15, -0.1) is 0 Å². The van der Waals surface area contributed by atoms with Crippen LogP contribution in [0.15, 0.2) is 24.3 Å². The minimum atomic E-state index is -0.384. The van der Waals surface area contributed by atoms with Crippen molar-refractivity contribution in [2.45, 2.75) is 6.92 Å². The molecule has 0 fully saturated rings. The molecule has 3 heteroatoms. The fourth-order valence-corrected chi connectivity index (χ4v) is 1.53. The van der Waals surface area contributed by atoms with Crippen LogP contribution in [0.25, 0.3) is 5.76 Å². The van der Waals surface area contributed by atoms with Crippen LogP contribution in [0.2, 0.25) is 0 Å². The maximum atomic E-state index is 11.3. The number of fused-ring (bicyclic) bond motifs is 1. The van der Waals surface area contributed by atoms with E-state index in [2.05, 4.69) is 0 Å². The van der Waals surface area contributed by atoms with Gasteiger partial charge in [-0.1, -0.05) is 12.1 Å². The molecule has 3 nitrogen and oxygen atoms in total. The number of rotatable bonds is 0. The van der Waals surface area contributed by atoms with Gasteiger partial charge in [0.2, 0.25) is 0 Å². The van der Waals surface area contributed by atoms with Gasteiger partial charge >= 0.3 is 5.97 Å². The first kappa shape index (κ1) is 8.52. The Labute approximate surface area is 81.2 Å². The van der Waals surface area contributed by atoms with Gasteiger partial charge in [0, 0.05) is 5.56 Å². The quantitative estimate of drug-likeness (QED) is 0.459. The monoisotopic (exact) mass is 185 g/mol. The lowest BCUT2D eigenvalue weighted by Crippen LogP contribution is -1.92. The van der Waals surface area contributed by atoms with Gasteiger partial charge in [0.15, 0.2) is 0 Å². The molecule has 1 aromatic rings. The topological polar surface area (TPSA) is 50.1 Å². The van der Waals surface area contributed by atoms with Gasteiger partial charge in [-0.2, -0.15) is 5.26 Å². The van der Waals surface area contributed by atoms with Gasteiger partial charge in [-0.3, -0.25) is 0 Å². The Morgan fingerprint density at radius 3 is 3.00 bits per heavy atom. The molecular weight excluding hydrogens is 178 g/mol. The molecule has 1 aromatic carbocycles. The summed E-state index contributed by atoms with van der Waals surface area (Å²) >= 11 is 0. The van der Waals surface area contributed by atoms with Gasteiger partial charge < -0.3 is 4.74 Å². The Morgan fingerprint density at radius 2 is 2.29 bits per heavy atom. The molecule has 0 radical (unpaired) electrons. The van der Waals surface area contributed by atoms with E-state index in [1.807, 2.05) is 19.1 Å². The van der Waals surface area contributed by atoms with Crippen LogP contribution in [0.3, 0.4) is 0 Å². The smallest absolute Gasteiger partial charge is 0.344 e. The summed E-state index contributed by atoms with van der Waals surface area (Å²) in [5.41, 5.74) is 2.21. The van der Waals surface area contributed by atoms with E-state index >= 15 is 0 Å². The summed E-state index contributed by atoms with van der Waals surface area (Å²) in [6.07, 6.45) is 1.25. The van der Waals surface area contributed by atoms with E-state index < -0.39 is 0 Å². The highest BCUT2D eigenvalue weighted by molar-refractivity contribution is 6.03. The Kier molecular flexibility index (Phi) is 1.83. The third-order valence-electron chi connectivity index (χ3n) is 2.14. The number of nitriles is 1. The predicted octanol–water partition coefficient (Wildman–Crippen LogP) is 2.03. The van der Waals surface area contributed by atoms with Crippen molar-refractivity contribution in [1.29, 1.82) is 5.26 Å². The maximum Gasteiger partial charge on any atom is 0.344 e. The molecule has 1 aliphatic rings. The number of aryl methyl sites for hydroxylation is 1. The normalized spacial score (nSPS) is 16.3. The van der Waals surface area contributed by atoms with E-state index in [0.29, 0.717) is 11.3 Å². The number of cyclic esters (lactones) is 1. The van der Waals surface area contributed by atoms with E-state index in [9.17, 15) is 4.79 Å². The lowest BCUT2D eigenvalue weighted by molar-refractivity contribution is 0.0716. The SMILES string of the molecule is Cc1cccc2c1C(=CC#N)OC2=O. The fraction of sp³-hybridized carbons (Fsp3) is 0.0909. The molecule has 0 bridgehead atoms. The fourth-order valence-electron chi connectivity index (χ4n) is 1.53. The second-order valence-corrected chi connectivity index (χ2v) is 3.02. The van der Waals surface area contributed by atoms with Crippen molar-refractivity contribution in [3.63, 3.8) is 0 Å². The Morgan fingerprint density at radius 1 is 1.50 bits per heavy atom.